The highest BCUT2D eigenvalue weighted by Gasteiger charge is 2.45. The molecular weight excluding hydrogens is 889 g/mol. The Hall–Kier alpha value is -8.17. The molecule has 0 saturated carbocycles. The predicted octanol–water partition coefficient (Wildman–Crippen LogP) is 14.5. The summed E-state index contributed by atoms with van der Waals surface area (Å²) in [5, 5.41) is 0. The van der Waals surface area contributed by atoms with E-state index in [1.165, 1.54) is 27.8 Å². The fourth-order valence-electron chi connectivity index (χ4n) is 8.83. The molecule has 0 fully saturated rings. The Kier molecular flexibility index (Phi) is 14.8. The van der Waals surface area contributed by atoms with Crippen molar-refractivity contribution in [2.45, 2.75) is 32.6 Å². The predicted molar refractivity (Wildman–Crippen MR) is 279 cm³/mol. The minimum Gasteiger partial charge on any atom is -0.457 e. The van der Waals surface area contributed by atoms with Gasteiger partial charge in [0.1, 0.15) is 23.0 Å². The van der Waals surface area contributed by atoms with Crippen LogP contribution in [0.3, 0.4) is 0 Å². The molecule has 1 aliphatic carbocycles. The standard InChI is InChI=1S/C59H42O4.C2H6.CH4O3S/c1-40-15-19-43(20-16-40)57(60)45-23-31-49(32-24-45)62-51-35-27-47(28-36-51)59(55-13-7-5-11-53(55)54-12-6-8-14-56(54)59)48-29-37-52(38-30-48)63-50-33-25-46(26-34-50)58(61)44-21-17-42(18-22-44)39-41-9-3-2-4-10-41;1-2;1-5(2,3)4/h2-38H,39H2,1H3;1-2H3;1H3,(H,2,3,4). The Morgan fingerprint density at radius 3 is 1.11 bits per heavy atom. The smallest absolute Gasteiger partial charge is 0.261 e. The van der Waals surface area contributed by atoms with E-state index in [-0.39, 0.29) is 11.6 Å². The molecule has 0 unspecified atom stereocenters. The lowest BCUT2D eigenvalue weighted by Gasteiger charge is -2.34. The molecule has 0 bridgehead atoms. The fourth-order valence-corrected chi connectivity index (χ4v) is 8.83. The van der Waals surface area contributed by atoms with Crippen molar-refractivity contribution in [2.24, 2.45) is 0 Å². The molecular formula is C62H52O7S. The van der Waals surface area contributed by atoms with Crippen molar-refractivity contribution in [3.63, 3.8) is 0 Å². The molecule has 70 heavy (non-hydrogen) atoms. The van der Waals surface area contributed by atoms with Gasteiger partial charge in [0.2, 0.25) is 0 Å². The van der Waals surface area contributed by atoms with E-state index in [4.69, 9.17) is 14.0 Å². The molecule has 7 nitrogen and oxygen atoms in total. The molecule has 0 radical (unpaired) electrons. The molecule has 0 atom stereocenters. The number of aryl methyl sites for hydroxylation is 1. The molecule has 1 N–H and O–H groups in total. The second-order valence-electron chi connectivity index (χ2n) is 16.8. The summed E-state index contributed by atoms with van der Waals surface area (Å²) in [7, 11) is -3.67. The van der Waals surface area contributed by atoms with Gasteiger partial charge in [0.25, 0.3) is 10.1 Å². The Labute approximate surface area is 410 Å². The van der Waals surface area contributed by atoms with Crippen LogP contribution in [0.1, 0.15) is 84.6 Å². The van der Waals surface area contributed by atoms with Gasteiger partial charge in [-0.1, -0.05) is 171 Å². The van der Waals surface area contributed by atoms with E-state index in [9.17, 15) is 18.0 Å². The van der Waals surface area contributed by atoms with Gasteiger partial charge in [0.15, 0.2) is 11.6 Å². The number of rotatable bonds is 12. The zero-order valence-corrected chi connectivity index (χ0v) is 40.2. The van der Waals surface area contributed by atoms with Crippen LogP contribution in [0.15, 0.2) is 224 Å². The van der Waals surface area contributed by atoms with Crippen molar-refractivity contribution in [1.29, 1.82) is 0 Å². The van der Waals surface area contributed by atoms with E-state index in [1.807, 2.05) is 160 Å². The van der Waals surface area contributed by atoms with E-state index in [2.05, 4.69) is 84.9 Å². The lowest BCUT2D eigenvalue weighted by Crippen LogP contribution is -2.28. The normalized spacial score (nSPS) is 11.9. The van der Waals surface area contributed by atoms with Gasteiger partial charge in [0, 0.05) is 22.3 Å². The van der Waals surface area contributed by atoms with Crippen LogP contribution < -0.4 is 9.47 Å². The van der Waals surface area contributed by atoms with Crippen LogP contribution >= 0.6 is 0 Å². The minimum absolute atomic E-state index is 0.0209. The highest BCUT2D eigenvalue weighted by atomic mass is 32.2. The van der Waals surface area contributed by atoms with Crippen molar-refractivity contribution in [3.8, 4) is 34.1 Å². The van der Waals surface area contributed by atoms with E-state index in [0.717, 1.165) is 28.7 Å². The quantitative estimate of drug-likeness (QED) is 0.0960. The Morgan fingerprint density at radius 2 is 0.729 bits per heavy atom. The van der Waals surface area contributed by atoms with Gasteiger partial charge in [-0.25, -0.2) is 0 Å². The number of hydrogen-bond acceptors (Lipinski definition) is 6. The van der Waals surface area contributed by atoms with Crippen LogP contribution in [0.25, 0.3) is 11.1 Å². The third-order valence-electron chi connectivity index (χ3n) is 12.0. The van der Waals surface area contributed by atoms with Gasteiger partial charge < -0.3 is 9.47 Å². The van der Waals surface area contributed by atoms with Gasteiger partial charge in [-0.3, -0.25) is 14.1 Å². The zero-order valence-electron chi connectivity index (χ0n) is 39.4. The van der Waals surface area contributed by atoms with Gasteiger partial charge in [-0.05, 0) is 131 Å². The SMILES string of the molecule is CC.CS(=O)(=O)O.Cc1ccc(C(=O)c2ccc(Oc3ccc(C4(c5ccc(Oc6ccc(C(=O)c7ccc(Cc8ccccc8)cc7)cc6)cc5)c5ccccc5-c5ccccc54)cc3)cc2)cc1. The zero-order chi connectivity index (χ0) is 49.3. The first-order valence-electron chi connectivity index (χ1n) is 23.1. The van der Waals surface area contributed by atoms with E-state index in [0.29, 0.717) is 51.5 Å². The summed E-state index contributed by atoms with van der Waals surface area (Å²) in [4.78, 5) is 26.5. The third kappa shape index (κ3) is 10.9. The number of ketones is 2. The topological polar surface area (TPSA) is 107 Å². The van der Waals surface area contributed by atoms with Crippen molar-refractivity contribution >= 4 is 21.7 Å². The Balaban J connectivity index is 0.000000887. The molecule has 0 aromatic heterocycles. The summed E-state index contributed by atoms with van der Waals surface area (Å²) >= 11 is 0. The van der Waals surface area contributed by atoms with Crippen LogP contribution in [0.5, 0.6) is 23.0 Å². The van der Waals surface area contributed by atoms with E-state index < -0.39 is 15.5 Å². The molecule has 1 aliphatic rings. The van der Waals surface area contributed by atoms with E-state index in [1.54, 1.807) is 0 Å². The highest BCUT2D eigenvalue weighted by Crippen LogP contribution is 2.56. The molecule has 348 valence electrons. The molecule has 0 spiro atoms. The molecule has 10 rings (SSSR count). The van der Waals surface area contributed by atoms with E-state index >= 15 is 0 Å². The van der Waals surface area contributed by atoms with Gasteiger partial charge >= 0.3 is 0 Å². The third-order valence-corrected chi connectivity index (χ3v) is 12.0. The summed E-state index contributed by atoms with van der Waals surface area (Å²) in [6, 6.07) is 74.4. The van der Waals surface area contributed by atoms with Crippen molar-refractivity contribution in [1.82, 2.24) is 0 Å². The van der Waals surface area contributed by atoms with Crippen LogP contribution in [-0.4, -0.2) is 30.8 Å². The van der Waals surface area contributed by atoms with Crippen LogP contribution in [-0.2, 0) is 22.0 Å². The Bertz CT molecular complexity index is 3280. The first kappa shape index (κ1) is 48.3. The molecule has 0 amide bonds. The van der Waals surface area contributed by atoms with Gasteiger partial charge in [-0.15, -0.1) is 0 Å². The Morgan fingerprint density at radius 1 is 0.429 bits per heavy atom. The van der Waals surface area contributed by atoms with Crippen molar-refractivity contribution in [2.75, 3.05) is 6.26 Å². The maximum Gasteiger partial charge on any atom is 0.261 e. The second-order valence-corrected chi connectivity index (χ2v) is 18.2. The first-order valence-corrected chi connectivity index (χ1v) is 24.9. The first-order chi connectivity index (χ1) is 33.9. The van der Waals surface area contributed by atoms with Crippen LogP contribution in [0.4, 0.5) is 0 Å². The average molecular weight is 941 g/mol. The molecule has 0 saturated heterocycles. The molecule has 0 aliphatic heterocycles. The molecule has 0 heterocycles. The number of benzene rings is 9. The number of ether oxygens (including phenoxy) is 2. The lowest BCUT2D eigenvalue weighted by molar-refractivity contribution is 0.103. The van der Waals surface area contributed by atoms with Gasteiger partial charge in [-0.2, -0.15) is 8.42 Å². The van der Waals surface area contributed by atoms with Crippen LogP contribution in [0.2, 0.25) is 0 Å². The number of fused-ring (bicyclic) bond motifs is 3. The maximum atomic E-state index is 13.4. The maximum absolute atomic E-state index is 13.4. The minimum atomic E-state index is -3.67. The molecule has 9 aromatic rings. The monoisotopic (exact) mass is 940 g/mol. The number of carbonyl (C=O) groups excluding carboxylic acids is 2. The van der Waals surface area contributed by atoms with Gasteiger partial charge in [0.05, 0.1) is 11.7 Å². The second kappa shape index (κ2) is 21.4. The van der Waals surface area contributed by atoms with Crippen molar-refractivity contribution < 1.29 is 32.0 Å². The lowest BCUT2D eigenvalue weighted by atomic mass is 9.68. The number of carbonyl (C=O) groups is 2. The largest absolute Gasteiger partial charge is 0.457 e. The molecule has 9 aromatic carbocycles. The molecule has 8 heteroatoms. The average Bonchev–Trinajstić information content (AvgIpc) is 3.69. The fraction of sp³-hybridized carbons (Fsp3) is 0.0968. The number of hydrogen-bond donors (Lipinski definition) is 1. The van der Waals surface area contributed by atoms with Crippen LogP contribution in [0, 0.1) is 6.92 Å². The highest BCUT2D eigenvalue weighted by molar-refractivity contribution is 7.85. The summed E-state index contributed by atoms with van der Waals surface area (Å²) in [6.07, 6.45) is 1.54. The summed E-state index contributed by atoms with van der Waals surface area (Å²) in [6.45, 7) is 6.01. The van der Waals surface area contributed by atoms with Crippen molar-refractivity contribution in [3.05, 3.63) is 286 Å². The summed E-state index contributed by atoms with van der Waals surface area (Å²) in [5.41, 5.74) is 12.4. The summed E-state index contributed by atoms with van der Waals surface area (Å²) in [5.74, 6) is 2.63. The summed E-state index contributed by atoms with van der Waals surface area (Å²) < 4.78 is 38.5.